The molecule has 0 aliphatic rings. The van der Waals surface area contributed by atoms with Crippen LogP contribution in [0, 0.1) is 0 Å². The van der Waals surface area contributed by atoms with Gasteiger partial charge in [-0.1, -0.05) is 6.07 Å². The van der Waals surface area contributed by atoms with E-state index in [1.54, 1.807) is 11.3 Å². The Bertz CT molecular complexity index is 691. The van der Waals surface area contributed by atoms with E-state index < -0.39 is 21.0 Å². The van der Waals surface area contributed by atoms with Crippen molar-refractivity contribution in [2.45, 2.75) is 11.4 Å². The van der Waals surface area contributed by atoms with Gasteiger partial charge in [-0.25, -0.2) is 13.2 Å². The minimum atomic E-state index is -3.89. The van der Waals surface area contributed by atoms with E-state index in [0.29, 0.717) is 6.42 Å². The van der Waals surface area contributed by atoms with Crippen molar-refractivity contribution in [2.24, 2.45) is 0 Å². The highest BCUT2D eigenvalue weighted by Gasteiger charge is 2.28. The monoisotopic (exact) mass is 315 g/mol. The smallest absolute Gasteiger partial charge is 0.340 e. The fourth-order valence-corrected chi connectivity index (χ4v) is 3.55. The number of nitrogens with one attached hydrogen (secondary N) is 1. The van der Waals surface area contributed by atoms with Gasteiger partial charge in [0.2, 0.25) is 0 Å². The molecular weight excluding hydrogens is 302 g/mol. The number of nitrogens with zero attached hydrogens (tertiary/aromatic N) is 2. The summed E-state index contributed by atoms with van der Waals surface area (Å²) >= 11 is 1.55. The summed E-state index contributed by atoms with van der Waals surface area (Å²) in [5.41, 5.74) is -0.354. The predicted molar refractivity (Wildman–Crippen MR) is 73.4 cm³/mol. The molecule has 0 radical (unpaired) electrons. The van der Waals surface area contributed by atoms with Crippen molar-refractivity contribution in [1.29, 1.82) is 0 Å². The van der Waals surface area contributed by atoms with E-state index in [1.807, 2.05) is 17.5 Å². The van der Waals surface area contributed by atoms with E-state index in [9.17, 15) is 13.2 Å². The highest BCUT2D eigenvalue weighted by atomic mass is 32.2. The number of likely N-dealkylation sites (N-methyl/N-ethyl adjacent to an activating group) is 1. The second kappa shape index (κ2) is 5.73. The van der Waals surface area contributed by atoms with Gasteiger partial charge in [0.05, 0.1) is 6.20 Å². The van der Waals surface area contributed by atoms with Crippen molar-refractivity contribution >= 4 is 27.3 Å². The van der Waals surface area contributed by atoms with Gasteiger partial charge in [0.1, 0.15) is 5.56 Å². The van der Waals surface area contributed by atoms with Crippen LogP contribution < -0.4 is 0 Å². The fraction of sp³-hybridized carbons (Fsp3) is 0.273. The molecule has 2 N–H and O–H groups in total. The molecule has 2 rings (SSSR count). The first-order valence-electron chi connectivity index (χ1n) is 5.68. The third-order valence-electron chi connectivity index (χ3n) is 2.76. The third-order valence-corrected chi connectivity index (χ3v) is 5.52. The molecule has 0 aliphatic heterocycles. The van der Waals surface area contributed by atoms with Crippen molar-refractivity contribution in [1.82, 2.24) is 14.5 Å². The maximum Gasteiger partial charge on any atom is 0.340 e. The van der Waals surface area contributed by atoms with E-state index >= 15 is 0 Å². The SMILES string of the molecule is CN(CCc1cccs1)S(=O)(=O)c1[nH]ncc1C(=O)O. The molecule has 2 aromatic heterocycles. The Hall–Kier alpha value is -1.71. The summed E-state index contributed by atoms with van der Waals surface area (Å²) < 4.78 is 25.7. The van der Waals surface area contributed by atoms with Crippen LogP contribution in [0.3, 0.4) is 0 Å². The van der Waals surface area contributed by atoms with Gasteiger partial charge in [0, 0.05) is 18.5 Å². The first kappa shape index (κ1) is 14.7. The lowest BCUT2D eigenvalue weighted by Gasteiger charge is -2.15. The zero-order chi connectivity index (χ0) is 14.8. The van der Waals surface area contributed by atoms with Crippen LogP contribution in [0.2, 0.25) is 0 Å². The Labute approximate surface area is 119 Å². The van der Waals surface area contributed by atoms with Crippen LogP contribution in [0.1, 0.15) is 15.2 Å². The number of sulfonamides is 1. The molecule has 0 atom stereocenters. The zero-order valence-electron chi connectivity index (χ0n) is 10.6. The molecule has 0 aromatic carbocycles. The summed E-state index contributed by atoms with van der Waals surface area (Å²) in [6.45, 7) is 0.265. The molecule has 0 saturated carbocycles. The van der Waals surface area contributed by atoms with Crippen LogP contribution >= 0.6 is 11.3 Å². The van der Waals surface area contributed by atoms with E-state index in [-0.39, 0.29) is 12.1 Å². The van der Waals surface area contributed by atoms with Gasteiger partial charge in [-0.05, 0) is 17.9 Å². The normalized spacial score (nSPS) is 11.9. The number of aromatic carboxylic acids is 1. The quantitative estimate of drug-likeness (QED) is 0.828. The first-order chi connectivity index (χ1) is 9.43. The standard InChI is InChI=1S/C11H13N3O4S2/c1-14(5-4-8-3-2-6-19-8)20(17,18)10-9(11(15)16)7-12-13-10/h2-3,6-7H,4-5H2,1H3,(H,12,13)(H,15,16). The van der Waals surface area contributed by atoms with Gasteiger partial charge < -0.3 is 5.11 Å². The number of carboxylic acids is 1. The second-order valence-electron chi connectivity index (χ2n) is 4.07. The number of aromatic nitrogens is 2. The summed E-state index contributed by atoms with van der Waals surface area (Å²) in [4.78, 5) is 12.0. The summed E-state index contributed by atoms with van der Waals surface area (Å²) in [7, 11) is -2.47. The number of carbonyl (C=O) groups is 1. The van der Waals surface area contributed by atoms with Crippen LogP contribution in [0.4, 0.5) is 0 Å². The Morgan fingerprint density at radius 1 is 1.55 bits per heavy atom. The molecule has 7 nitrogen and oxygen atoms in total. The maximum atomic E-state index is 12.3. The summed E-state index contributed by atoms with van der Waals surface area (Å²) in [6.07, 6.45) is 1.56. The lowest BCUT2D eigenvalue weighted by Crippen LogP contribution is -2.30. The van der Waals surface area contributed by atoms with Crippen LogP contribution in [0.5, 0.6) is 0 Å². The van der Waals surface area contributed by atoms with Crippen molar-refractivity contribution in [3.05, 3.63) is 34.2 Å². The molecule has 0 aliphatic carbocycles. The lowest BCUT2D eigenvalue weighted by atomic mass is 10.3. The lowest BCUT2D eigenvalue weighted by molar-refractivity contribution is 0.0692. The highest BCUT2D eigenvalue weighted by molar-refractivity contribution is 7.89. The van der Waals surface area contributed by atoms with E-state index in [2.05, 4.69) is 10.2 Å². The van der Waals surface area contributed by atoms with Gasteiger partial charge in [-0.15, -0.1) is 11.3 Å². The first-order valence-corrected chi connectivity index (χ1v) is 8.00. The van der Waals surface area contributed by atoms with Crippen molar-refractivity contribution < 1.29 is 18.3 Å². The van der Waals surface area contributed by atoms with Crippen LogP contribution in [-0.2, 0) is 16.4 Å². The number of hydrogen-bond acceptors (Lipinski definition) is 5. The Morgan fingerprint density at radius 3 is 2.90 bits per heavy atom. The molecule has 2 heterocycles. The second-order valence-corrected chi connectivity index (χ2v) is 7.09. The molecule has 2 aromatic rings. The Balaban J connectivity index is 2.17. The molecule has 0 spiro atoms. The van der Waals surface area contributed by atoms with Gasteiger partial charge in [-0.3, -0.25) is 5.10 Å². The van der Waals surface area contributed by atoms with E-state index in [1.165, 1.54) is 7.05 Å². The van der Waals surface area contributed by atoms with Crippen LogP contribution in [0.25, 0.3) is 0 Å². The van der Waals surface area contributed by atoms with E-state index in [0.717, 1.165) is 15.4 Å². The molecule has 0 amide bonds. The molecule has 0 saturated heterocycles. The number of carboxylic acid groups (broad SMARTS) is 1. The third kappa shape index (κ3) is 2.89. The Morgan fingerprint density at radius 2 is 2.30 bits per heavy atom. The summed E-state index contributed by atoms with van der Waals surface area (Å²) in [6, 6.07) is 3.82. The number of aromatic amines is 1. The van der Waals surface area contributed by atoms with Crippen molar-refractivity contribution in [3.8, 4) is 0 Å². The number of thiophene rings is 1. The number of rotatable bonds is 6. The number of hydrogen-bond donors (Lipinski definition) is 2. The van der Waals surface area contributed by atoms with Gasteiger partial charge in [0.25, 0.3) is 10.0 Å². The fourth-order valence-electron chi connectivity index (χ4n) is 1.62. The summed E-state index contributed by atoms with van der Waals surface area (Å²) in [5.74, 6) is -1.33. The van der Waals surface area contributed by atoms with Crippen LogP contribution in [-0.4, -0.2) is 47.6 Å². The predicted octanol–water partition coefficient (Wildman–Crippen LogP) is 1.03. The maximum absolute atomic E-state index is 12.3. The topological polar surface area (TPSA) is 103 Å². The zero-order valence-corrected chi connectivity index (χ0v) is 12.2. The van der Waals surface area contributed by atoms with Gasteiger partial charge in [-0.2, -0.15) is 9.40 Å². The van der Waals surface area contributed by atoms with Crippen LogP contribution in [0.15, 0.2) is 28.7 Å². The van der Waals surface area contributed by atoms with E-state index in [4.69, 9.17) is 5.11 Å². The molecular formula is C11H13N3O4S2. The average molecular weight is 315 g/mol. The largest absolute Gasteiger partial charge is 0.478 e. The average Bonchev–Trinajstić information content (AvgIpc) is 3.06. The molecule has 9 heteroatoms. The Kier molecular flexibility index (Phi) is 4.21. The molecule has 108 valence electrons. The van der Waals surface area contributed by atoms with Gasteiger partial charge >= 0.3 is 5.97 Å². The van der Waals surface area contributed by atoms with Crippen molar-refractivity contribution in [3.63, 3.8) is 0 Å². The molecule has 0 bridgehead atoms. The minimum Gasteiger partial charge on any atom is -0.478 e. The minimum absolute atomic E-state index is 0.265. The number of H-pyrrole nitrogens is 1. The van der Waals surface area contributed by atoms with Crippen molar-refractivity contribution in [2.75, 3.05) is 13.6 Å². The molecule has 0 fully saturated rings. The molecule has 20 heavy (non-hydrogen) atoms. The van der Waals surface area contributed by atoms with Gasteiger partial charge in [0.15, 0.2) is 5.03 Å². The highest BCUT2D eigenvalue weighted by Crippen LogP contribution is 2.17. The summed E-state index contributed by atoms with van der Waals surface area (Å²) in [5, 5.41) is 16.2. The molecule has 0 unspecified atom stereocenters.